The molecule has 0 radical (unpaired) electrons. The third-order valence-electron chi connectivity index (χ3n) is 3.94. The van der Waals surface area contributed by atoms with Crippen LogP contribution in [0.5, 0.6) is 0 Å². The van der Waals surface area contributed by atoms with Crippen molar-refractivity contribution < 1.29 is 4.79 Å². The summed E-state index contributed by atoms with van der Waals surface area (Å²) in [5, 5.41) is 8.19. The molecule has 0 saturated carbocycles. The largest absolute Gasteiger partial charge is 0.289 e. The molecule has 0 amide bonds. The van der Waals surface area contributed by atoms with Crippen LogP contribution >= 0.6 is 0 Å². The maximum atomic E-state index is 12.3. The maximum absolute atomic E-state index is 12.3. The van der Waals surface area contributed by atoms with Crippen LogP contribution in [0.4, 0.5) is 0 Å². The summed E-state index contributed by atoms with van der Waals surface area (Å²) in [5.41, 5.74) is 3.51. The number of hydrogen-bond donors (Lipinski definition) is 0. The molecular formula is C21H21N3O. The van der Waals surface area contributed by atoms with Gasteiger partial charge in [-0.05, 0) is 35.9 Å². The number of allylic oxidation sites excluding steroid dienone is 1. The first kappa shape index (κ1) is 16.8. The Morgan fingerprint density at radius 3 is 2.32 bits per heavy atom. The molecule has 0 spiro atoms. The van der Waals surface area contributed by atoms with Crippen molar-refractivity contribution in [2.24, 2.45) is 0 Å². The lowest BCUT2D eigenvalue weighted by atomic mass is 9.92. The van der Waals surface area contributed by atoms with Crippen LogP contribution in [0.1, 0.15) is 42.4 Å². The van der Waals surface area contributed by atoms with Gasteiger partial charge < -0.3 is 0 Å². The van der Waals surface area contributed by atoms with Gasteiger partial charge in [-0.15, -0.1) is 5.10 Å². The summed E-state index contributed by atoms with van der Waals surface area (Å²) in [6, 6.07) is 17.2. The van der Waals surface area contributed by atoms with E-state index in [0.29, 0.717) is 5.56 Å². The van der Waals surface area contributed by atoms with Crippen molar-refractivity contribution in [2.45, 2.75) is 26.2 Å². The molecule has 0 fully saturated rings. The van der Waals surface area contributed by atoms with E-state index in [2.05, 4.69) is 31.1 Å². The summed E-state index contributed by atoms with van der Waals surface area (Å²) in [7, 11) is 0. The van der Waals surface area contributed by atoms with Gasteiger partial charge in [0.25, 0.3) is 0 Å². The van der Waals surface area contributed by atoms with Gasteiger partial charge in [0, 0.05) is 11.0 Å². The third kappa shape index (κ3) is 3.91. The number of aromatic nitrogens is 3. The number of carbonyl (C=O) groups is 1. The Morgan fingerprint density at radius 2 is 1.68 bits per heavy atom. The fraction of sp³-hybridized carbons (Fsp3) is 0.190. The van der Waals surface area contributed by atoms with E-state index in [1.165, 1.54) is 0 Å². The first-order valence-electron chi connectivity index (χ1n) is 8.24. The quantitative estimate of drug-likeness (QED) is 0.524. The van der Waals surface area contributed by atoms with Crippen molar-refractivity contribution in [3.63, 3.8) is 0 Å². The molecule has 1 heterocycles. The van der Waals surface area contributed by atoms with Gasteiger partial charge in [-0.25, -0.2) is 4.68 Å². The Balaban J connectivity index is 1.80. The van der Waals surface area contributed by atoms with Gasteiger partial charge in [0.2, 0.25) is 0 Å². The highest BCUT2D eigenvalue weighted by molar-refractivity contribution is 6.06. The van der Waals surface area contributed by atoms with Gasteiger partial charge in [0.15, 0.2) is 5.78 Å². The second kappa shape index (κ2) is 6.85. The molecule has 0 atom stereocenters. The average molecular weight is 331 g/mol. The number of ketones is 1. The van der Waals surface area contributed by atoms with Crippen molar-refractivity contribution >= 4 is 11.9 Å². The van der Waals surface area contributed by atoms with Crippen molar-refractivity contribution in [3.8, 4) is 5.69 Å². The van der Waals surface area contributed by atoms with Crippen LogP contribution in [-0.4, -0.2) is 20.8 Å². The normalized spacial score (nSPS) is 11.8. The predicted molar refractivity (Wildman–Crippen MR) is 99.9 cm³/mol. The molecule has 0 aliphatic heterocycles. The summed E-state index contributed by atoms with van der Waals surface area (Å²) >= 11 is 0. The predicted octanol–water partition coefficient (Wildman–Crippen LogP) is 4.46. The smallest absolute Gasteiger partial charge is 0.185 e. The lowest BCUT2D eigenvalue weighted by Gasteiger charge is -2.19. The molecule has 25 heavy (non-hydrogen) atoms. The monoisotopic (exact) mass is 331 g/mol. The molecule has 2 aromatic carbocycles. The van der Waals surface area contributed by atoms with Crippen LogP contribution in [0.25, 0.3) is 11.8 Å². The molecule has 0 N–H and O–H groups in total. The number of rotatable bonds is 4. The zero-order chi connectivity index (χ0) is 17.9. The maximum Gasteiger partial charge on any atom is 0.185 e. The van der Waals surface area contributed by atoms with E-state index in [0.717, 1.165) is 16.9 Å². The van der Waals surface area contributed by atoms with E-state index in [4.69, 9.17) is 0 Å². The van der Waals surface area contributed by atoms with E-state index < -0.39 is 0 Å². The van der Waals surface area contributed by atoms with Gasteiger partial charge in [-0.2, -0.15) is 0 Å². The summed E-state index contributed by atoms with van der Waals surface area (Å²) in [6.07, 6.45) is 5.20. The van der Waals surface area contributed by atoms with E-state index in [-0.39, 0.29) is 11.2 Å². The van der Waals surface area contributed by atoms with Crippen molar-refractivity contribution in [2.75, 3.05) is 0 Å². The molecule has 0 aliphatic rings. The zero-order valence-corrected chi connectivity index (χ0v) is 14.7. The average Bonchev–Trinajstić information content (AvgIpc) is 3.11. The van der Waals surface area contributed by atoms with Crippen molar-refractivity contribution in [3.05, 3.63) is 83.7 Å². The van der Waals surface area contributed by atoms with Crippen LogP contribution in [0, 0.1) is 0 Å². The Hall–Kier alpha value is -3.01. The van der Waals surface area contributed by atoms with Crippen LogP contribution in [0.15, 0.2) is 66.9 Å². The van der Waals surface area contributed by atoms with Crippen molar-refractivity contribution in [1.29, 1.82) is 0 Å². The topological polar surface area (TPSA) is 47.8 Å². The minimum Gasteiger partial charge on any atom is -0.289 e. The van der Waals surface area contributed by atoms with Crippen LogP contribution in [0.3, 0.4) is 0 Å². The standard InChI is InChI=1S/C21H21N3O/c1-21(2,3)20-15-22-23-24(20)18-12-10-17(11-13-18)19(25)14-9-16-7-5-4-6-8-16/h4-15H,1-3H3. The molecule has 3 aromatic rings. The highest BCUT2D eigenvalue weighted by Crippen LogP contribution is 2.23. The molecule has 4 nitrogen and oxygen atoms in total. The molecule has 0 saturated heterocycles. The minimum absolute atomic E-state index is 0.0231. The Morgan fingerprint density at radius 1 is 1.00 bits per heavy atom. The number of carbonyl (C=O) groups excluding carboxylic acids is 1. The van der Waals surface area contributed by atoms with E-state index in [9.17, 15) is 4.79 Å². The molecule has 0 bridgehead atoms. The van der Waals surface area contributed by atoms with E-state index >= 15 is 0 Å². The third-order valence-corrected chi connectivity index (χ3v) is 3.94. The number of benzene rings is 2. The van der Waals surface area contributed by atoms with Crippen LogP contribution in [0.2, 0.25) is 0 Å². The van der Waals surface area contributed by atoms with Crippen LogP contribution < -0.4 is 0 Å². The van der Waals surface area contributed by atoms with Gasteiger partial charge in [-0.1, -0.05) is 62.4 Å². The Labute approximate surface area is 147 Å². The summed E-state index contributed by atoms with van der Waals surface area (Å²) in [4.78, 5) is 12.3. The fourth-order valence-corrected chi connectivity index (χ4v) is 2.54. The molecule has 4 heteroatoms. The highest BCUT2D eigenvalue weighted by Gasteiger charge is 2.20. The zero-order valence-electron chi connectivity index (χ0n) is 14.7. The first-order chi connectivity index (χ1) is 11.9. The number of nitrogens with zero attached hydrogens (tertiary/aromatic N) is 3. The van der Waals surface area contributed by atoms with E-state index in [1.807, 2.05) is 65.4 Å². The molecule has 1 aromatic heterocycles. The summed E-state index contributed by atoms with van der Waals surface area (Å²) < 4.78 is 1.81. The van der Waals surface area contributed by atoms with Gasteiger partial charge in [0.1, 0.15) is 0 Å². The Bertz CT molecular complexity index is 885. The summed E-state index contributed by atoms with van der Waals surface area (Å²) in [5.74, 6) is -0.0231. The molecule has 0 aliphatic carbocycles. The first-order valence-corrected chi connectivity index (χ1v) is 8.24. The van der Waals surface area contributed by atoms with E-state index in [1.54, 1.807) is 12.3 Å². The fourth-order valence-electron chi connectivity index (χ4n) is 2.54. The van der Waals surface area contributed by atoms with Gasteiger partial charge in [-0.3, -0.25) is 4.79 Å². The van der Waals surface area contributed by atoms with Crippen molar-refractivity contribution in [1.82, 2.24) is 15.0 Å². The molecular weight excluding hydrogens is 310 g/mol. The second-order valence-electron chi connectivity index (χ2n) is 6.94. The summed E-state index contributed by atoms with van der Waals surface area (Å²) in [6.45, 7) is 6.36. The lowest BCUT2D eigenvalue weighted by Crippen LogP contribution is -2.17. The highest BCUT2D eigenvalue weighted by atomic mass is 16.1. The Kier molecular flexibility index (Phi) is 4.61. The lowest BCUT2D eigenvalue weighted by molar-refractivity contribution is 0.104. The second-order valence-corrected chi connectivity index (χ2v) is 6.94. The van der Waals surface area contributed by atoms with Gasteiger partial charge >= 0.3 is 0 Å². The van der Waals surface area contributed by atoms with Gasteiger partial charge in [0.05, 0.1) is 17.6 Å². The van der Waals surface area contributed by atoms with Crippen LogP contribution in [-0.2, 0) is 5.41 Å². The molecule has 3 rings (SSSR count). The number of hydrogen-bond acceptors (Lipinski definition) is 3. The molecule has 126 valence electrons. The SMILES string of the molecule is CC(C)(C)c1cnnn1-c1ccc(C(=O)C=Cc2ccccc2)cc1. The minimum atomic E-state index is -0.0591. The molecule has 0 unspecified atom stereocenters.